The zero-order valence-electron chi connectivity index (χ0n) is 11.3. The number of alkyl halides is 2. The molecule has 0 radical (unpaired) electrons. The van der Waals surface area contributed by atoms with Crippen LogP contribution >= 0.6 is 23.2 Å². The molecule has 0 aromatic heterocycles. The molecule has 1 aromatic rings. The molecule has 116 valence electrons. The average Bonchev–Trinajstić information content (AvgIpc) is 2.44. The van der Waals surface area contributed by atoms with Crippen molar-refractivity contribution in [2.75, 3.05) is 25.0 Å². The molecule has 4 rings (SSSR count). The first-order chi connectivity index (χ1) is 10.0. The number of halogens is 4. The van der Waals surface area contributed by atoms with Crippen molar-refractivity contribution in [2.24, 2.45) is 5.92 Å². The van der Waals surface area contributed by atoms with Crippen molar-refractivity contribution < 1.29 is 13.5 Å². The van der Waals surface area contributed by atoms with Crippen LogP contribution in [0.25, 0.3) is 0 Å². The van der Waals surface area contributed by atoms with Gasteiger partial charge >= 0.3 is 6.61 Å². The molecule has 1 unspecified atom stereocenters. The maximum absolute atomic E-state index is 12.3. The first-order valence-electron chi connectivity index (χ1n) is 6.95. The fraction of sp³-hybridized carbons (Fsp3) is 0.571. The van der Waals surface area contributed by atoms with Gasteiger partial charge in [0, 0.05) is 18.3 Å². The Hall–Kier alpha value is -0.780. The monoisotopic (exact) mass is 336 g/mol. The van der Waals surface area contributed by atoms with E-state index < -0.39 is 6.61 Å². The van der Waals surface area contributed by atoms with Gasteiger partial charge in [-0.3, -0.25) is 0 Å². The molecule has 1 N–H and O–H groups in total. The van der Waals surface area contributed by atoms with E-state index in [1.807, 2.05) is 0 Å². The number of nitrogens with zero attached hydrogens (tertiary/aromatic N) is 1. The highest BCUT2D eigenvalue weighted by molar-refractivity contribution is 6.37. The van der Waals surface area contributed by atoms with Crippen molar-refractivity contribution in [1.82, 2.24) is 4.90 Å². The molecule has 3 nitrogen and oxygen atoms in total. The summed E-state index contributed by atoms with van der Waals surface area (Å²) in [4.78, 5) is 2.43. The summed E-state index contributed by atoms with van der Waals surface area (Å²) >= 11 is 12.0. The van der Waals surface area contributed by atoms with Gasteiger partial charge in [0.15, 0.2) is 5.75 Å². The van der Waals surface area contributed by atoms with Gasteiger partial charge in [-0.15, -0.1) is 0 Å². The lowest BCUT2D eigenvalue weighted by molar-refractivity contribution is -0.0497. The highest BCUT2D eigenvalue weighted by Crippen LogP contribution is 2.38. The van der Waals surface area contributed by atoms with E-state index in [9.17, 15) is 8.78 Å². The fourth-order valence-electron chi connectivity index (χ4n) is 3.19. The second-order valence-electron chi connectivity index (χ2n) is 5.54. The summed E-state index contributed by atoms with van der Waals surface area (Å²) in [5.41, 5.74) is 0.741. The Morgan fingerprint density at radius 2 is 1.81 bits per heavy atom. The lowest BCUT2D eigenvalue weighted by atomic mass is 9.84. The summed E-state index contributed by atoms with van der Waals surface area (Å²) in [6, 6.07) is 3.52. The molecule has 1 aromatic carbocycles. The van der Waals surface area contributed by atoms with Gasteiger partial charge in [-0.25, -0.2) is 0 Å². The summed E-state index contributed by atoms with van der Waals surface area (Å²) in [6.07, 6.45) is 2.37. The second kappa shape index (κ2) is 6.15. The molecule has 0 amide bonds. The van der Waals surface area contributed by atoms with Crippen LogP contribution in [0.4, 0.5) is 14.5 Å². The molecular formula is C14H16Cl2F2N2O. The van der Waals surface area contributed by atoms with Crippen LogP contribution in [0.5, 0.6) is 5.75 Å². The SMILES string of the molecule is FC(F)Oc1c(Cl)cc(NC2CN3CCC2CC3)cc1Cl. The highest BCUT2D eigenvalue weighted by atomic mass is 35.5. The van der Waals surface area contributed by atoms with E-state index in [-0.39, 0.29) is 15.8 Å². The number of rotatable bonds is 4. The van der Waals surface area contributed by atoms with Crippen molar-refractivity contribution in [1.29, 1.82) is 0 Å². The third kappa shape index (κ3) is 3.35. The highest BCUT2D eigenvalue weighted by Gasteiger charge is 2.34. The van der Waals surface area contributed by atoms with Crippen molar-refractivity contribution in [3.63, 3.8) is 0 Å². The van der Waals surface area contributed by atoms with Crippen LogP contribution in [0.2, 0.25) is 10.0 Å². The predicted molar refractivity (Wildman–Crippen MR) is 79.7 cm³/mol. The number of ether oxygens (including phenoxy) is 1. The van der Waals surface area contributed by atoms with Crippen LogP contribution in [0.3, 0.4) is 0 Å². The molecule has 0 aliphatic carbocycles. The molecule has 1 atom stereocenters. The van der Waals surface area contributed by atoms with E-state index >= 15 is 0 Å². The van der Waals surface area contributed by atoms with Gasteiger partial charge in [0.2, 0.25) is 0 Å². The third-order valence-electron chi connectivity index (χ3n) is 4.21. The Balaban J connectivity index is 1.74. The first-order valence-corrected chi connectivity index (χ1v) is 7.71. The quantitative estimate of drug-likeness (QED) is 0.895. The number of fused-ring (bicyclic) bond motifs is 3. The van der Waals surface area contributed by atoms with Gasteiger partial charge in [0.25, 0.3) is 0 Å². The second-order valence-corrected chi connectivity index (χ2v) is 6.35. The number of anilines is 1. The van der Waals surface area contributed by atoms with E-state index in [0.29, 0.717) is 12.0 Å². The van der Waals surface area contributed by atoms with E-state index in [2.05, 4.69) is 15.0 Å². The summed E-state index contributed by atoms with van der Waals surface area (Å²) in [7, 11) is 0. The minimum absolute atomic E-state index is 0.0894. The maximum Gasteiger partial charge on any atom is 0.387 e. The zero-order chi connectivity index (χ0) is 15.0. The van der Waals surface area contributed by atoms with Gasteiger partial charge in [-0.05, 0) is 44.0 Å². The van der Waals surface area contributed by atoms with E-state index in [1.165, 1.54) is 12.8 Å². The lowest BCUT2D eigenvalue weighted by Crippen LogP contribution is -2.53. The average molecular weight is 337 g/mol. The number of hydrogen-bond donors (Lipinski definition) is 1. The number of nitrogens with one attached hydrogen (secondary N) is 1. The Morgan fingerprint density at radius 1 is 1.19 bits per heavy atom. The smallest absolute Gasteiger partial charge is 0.387 e. The number of hydrogen-bond acceptors (Lipinski definition) is 3. The third-order valence-corrected chi connectivity index (χ3v) is 4.77. The Morgan fingerprint density at radius 3 is 2.29 bits per heavy atom. The molecule has 3 aliphatic rings. The fourth-order valence-corrected chi connectivity index (χ4v) is 3.76. The Bertz CT molecular complexity index is 499. The van der Waals surface area contributed by atoms with E-state index in [1.54, 1.807) is 12.1 Å². The van der Waals surface area contributed by atoms with Crippen molar-refractivity contribution in [3.05, 3.63) is 22.2 Å². The van der Waals surface area contributed by atoms with Crippen LogP contribution < -0.4 is 10.1 Å². The van der Waals surface area contributed by atoms with Gasteiger partial charge in [-0.2, -0.15) is 8.78 Å². The molecule has 0 saturated carbocycles. The number of benzene rings is 1. The topological polar surface area (TPSA) is 24.5 Å². The maximum atomic E-state index is 12.3. The largest absolute Gasteiger partial charge is 0.432 e. The molecular weight excluding hydrogens is 321 g/mol. The minimum Gasteiger partial charge on any atom is -0.432 e. The minimum atomic E-state index is -2.94. The summed E-state index contributed by atoms with van der Waals surface area (Å²) < 4.78 is 28.9. The van der Waals surface area contributed by atoms with Crippen LogP contribution in [0.1, 0.15) is 12.8 Å². The molecule has 21 heavy (non-hydrogen) atoms. The van der Waals surface area contributed by atoms with Gasteiger partial charge in [0.1, 0.15) is 0 Å². The molecule has 3 fully saturated rings. The molecule has 2 bridgehead atoms. The Labute approximate surface area is 132 Å². The molecule has 7 heteroatoms. The molecule has 0 spiro atoms. The summed E-state index contributed by atoms with van der Waals surface area (Å²) in [5, 5.41) is 3.60. The molecule has 3 heterocycles. The Kier molecular flexibility index (Phi) is 4.43. The van der Waals surface area contributed by atoms with Crippen LogP contribution in [0.15, 0.2) is 12.1 Å². The molecule has 3 aliphatic heterocycles. The summed E-state index contributed by atoms with van der Waals surface area (Å²) in [5.74, 6) is 0.470. The van der Waals surface area contributed by atoms with Crippen LogP contribution in [-0.2, 0) is 0 Å². The zero-order valence-corrected chi connectivity index (χ0v) is 12.8. The standard InChI is InChI=1S/C14H16Cl2F2N2O/c15-10-5-9(6-11(16)13(10)21-14(17)18)19-12-7-20-3-1-8(12)2-4-20/h5-6,8,12,14,19H,1-4,7H2. The van der Waals surface area contributed by atoms with E-state index in [0.717, 1.165) is 25.3 Å². The van der Waals surface area contributed by atoms with Gasteiger partial charge in [0.05, 0.1) is 10.0 Å². The van der Waals surface area contributed by atoms with Gasteiger partial charge < -0.3 is 15.0 Å². The van der Waals surface area contributed by atoms with Crippen LogP contribution in [-0.4, -0.2) is 37.2 Å². The lowest BCUT2D eigenvalue weighted by Gasteiger charge is -2.45. The predicted octanol–water partition coefficient (Wildman–Crippen LogP) is 4.10. The van der Waals surface area contributed by atoms with Crippen molar-refractivity contribution in [2.45, 2.75) is 25.5 Å². The van der Waals surface area contributed by atoms with Gasteiger partial charge in [-0.1, -0.05) is 23.2 Å². The van der Waals surface area contributed by atoms with E-state index in [4.69, 9.17) is 23.2 Å². The first kappa shape index (κ1) is 15.1. The summed E-state index contributed by atoms with van der Waals surface area (Å²) in [6.45, 7) is 0.368. The van der Waals surface area contributed by atoms with Crippen molar-refractivity contribution in [3.8, 4) is 5.75 Å². The van der Waals surface area contributed by atoms with Crippen LogP contribution in [0, 0.1) is 5.92 Å². The normalized spacial score (nSPS) is 28.0. The number of piperidine rings is 3. The molecule has 3 saturated heterocycles. The van der Waals surface area contributed by atoms with Crippen molar-refractivity contribution >= 4 is 28.9 Å².